The molecule has 0 saturated heterocycles. The molecule has 0 heterocycles. The Balaban J connectivity index is 1.82. The fourth-order valence-corrected chi connectivity index (χ4v) is 4.72. The Morgan fingerprint density at radius 1 is 1.03 bits per heavy atom. The molecule has 1 fully saturated rings. The van der Waals surface area contributed by atoms with E-state index in [2.05, 4.69) is 13.0 Å². The zero-order valence-corrected chi connectivity index (χ0v) is 20.9. The Hall–Kier alpha value is -3.33. The molecule has 35 heavy (non-hydrogen) atoms. The maximum absolute atomic E-state index is 13.2. The fraction of sp³-hybridized carbons (Fsp3) is 0.483. The zero-order chi connectivity index (χ0) is 25.1. The van der Waals surface area contributed by atoms with Gasteiger partial charge in [-0.05, 0) is 61.8 Å². The van der Waals surface area contributed by atoms with Gasteiger partial charge in [-0.2, -0.15) is 5.26 Å². The minimum Gasteiger partial charge on any atom is -0.435 e. The molecular weight excluding hydrogens is 440 g/mol. The number of unbranched alkanes of at least 4 members (excludes halogenated alkanes) is 1. The summed E-state index contributed by atoms with van der Waals surface area (Å²) in [6, 6.07) is 17.8. The van der Waals surface area contributed by atoms with Crippen LogP contribution < -0.4 is 0 Å². The van der Waals surface area contributed by atoms with E-state index in [9.17, 15) is 14.9 Å². The Labute approximate surface area is 208 Å². The summed E-state index contributed by atoms with van der Waals surface area (Å²) in [4.78, 5) is 27.3. The topological polar surface area (TPSA) is 79.6 Å². The molecule has 3 rings (SSSR count). The Bertz CT molecular complexity index is 1020. The number of nitriles is 1. The predicted octanol–water partition coefficient (Wildman–Crippen LogP) is 6.62. The molecule has 2 aromatic carbocycles. The summed E-state index contributed by atoms with van der Waals surface area (Å²) in [6.45, 7) is 4.90. The highest BCUT2D eigenvalue weighted by Gasteiger charge is 2.39. The van der Waals surface area contributed by atoms with Gasteiger partial charge in [0.05, 0.1) is 24.8 Å². The summed E-state index contributed by atoms with van der Waals surface area (Å²) >= 11 is 0. The summed E-state index contributed by atoms with van der Waals surface area (Å²) in [6.07, 6.45) is 6.06. The average Bonchev–Trinajstić information content (AvgIpc) is 2.88. The zero-order valence-electron chi connectivity index (χ0n) is 20.9. The Morgan fingerprint density at radius 3 is 2.40 bits per heavy atom. The largest absolute Gasteiger partial charge is 0.508 e. The first kappa shape index (κ1) is 26.3. The number of hydrogen-bond acceptors (Lipinski definition) is 5. The molecule has 0 radical (unpaired) electrons. The van der Waals surface area contributed by atoms with Gasteiger partial charge in [0.1, 0.15) is 5.60 Å². The van der Waals surface area contributed by atoms with Gasteiger partial charge in [0.2, 0.25) is 5.91 Å². The summed E-state index contributed by atoms with van der Waals surface area (Å²) in [7, 11) is 0. The lowest BCUT2D eigenvalue weighted by molar-refractivity contribution is -0.138. The lowest BCUT2D eigenvalue weighted by Crippen LogP contribution is -2.49. The molecule has 1 saturated carbocycles. The maximum Gasteiger partial charge on any atom is 0.508 e. The molecule has 0 bridgehead atoms. The van der Waals surface area contributed by atoms with Crippen LogP contribution in [0.2, 0.25) is 0 Å². The molecule has 6 nitrogen and oxygen atoms in total. The monoisotopic (exact) mass is 476 g/mol. The van der Waals surface area contributed by atoms with Gasteiger partial charge in [0.25, 0.3) is 0 Å². The second kappa shape index (κ2) is 12.9. The lowest BCUT2D eigenvalue weighted by atomic mass is 9.84. The SMILES string of the molecule is CCCCC(=O)N(Cc1ccc(-c2ccccc2C#N)cc1)CC1(OC(=O)OCC)CCCCC1. The molecule has 0 atom stereocenters. The van der Waals surface area contributed by atoms with E-state index in [1.54, 1.807) is 6.92 Å². The summed E-state index contributed by atoms with van der Waals surface area (Å²) in [5.41, 5.74) is 2.77. The van der Waals surface area contributed by atoms with E-state index >= 15 is 0 Å². The van der Waals surface area contributed by atoms with Crippen LogP contribution in [0.4, 0.5) is 4.79 Å². The van der Waals surface area contributed by atoms with Gasteiger partial charge in [-0.15, -0.1) is 0 Å². The van der Waals surface area contributed by atoms with Gasteiger partial charge >= 0.3 is 6.16 Å². The number of carbonyl (C=O) groups is 2. The third-order valence-electron chi connectivity index (χ3n) is 6.59. The number of nitrogens with zero attached hydrogens (tertiary/aromatic N) is 2. The smallest absolute Gasteiger partial charge is 0.435 e. The first-order valence-corrected chi connectivity index (χ1v) is 12.7. The van der Waals surface area contributed by atoms with Gasteiger partial charge in [0, 0.05) is 13.0 Å². The standard InChI is InChI=1S/C29H36N2O4/c1-3-5-13-27(32)31(22-29(18-9-6-10-19-29)35-28(33)34-4-2)21-23-14-16-24(17-15-23)26-12-8-7-11-25(26)20-30/h7-8,11-12,14-17H,3-6,9-10,13,18-19,21-22H2,1-2H3. The van der Waals surface area contributed by atoms with Gasteiger partial charge in [0.15, 0.2) is 0 Å². The van der Waals surface area contributed by atoms with Gasteiger partial charge in [-0.1, -0.05) is 62.2 Å². The van der Waals surface area contributed by atoms with Crippen molar-refractivity contribution in [2.75, 3.05) is 13.2 Å². The number of hydrogen-bond donors (Lipinski definition) is 0. The molecule has 186 valence electrons. The van der Waals surface area contributed by atoms with Crippen molar-refractivity contribution in [2.45, 2.75) is 77.4 Å². The van der Waals surface area contributed by atoms with Crippen LogP contribution in [0.3, 0.4) is 0 Å². The molecule has 0 spiro atoms. The van der Waals surface area contributed by atoms with E-state index in [0.29, 0.717) is 25.1 Å². The molecule has 0 N–H and O–H groups in total. The molecular formula is C29H36N2O4. The van der Waals surface area contributed by atoms with E-state index in [1.165, 1.54) is 0 Å². The van der Waals surface area contributed by atoms with E-state index in [4.69, 9.17) is 9.47 Å². The van der Waals surface area contributed by atoms with Crippen molar-refractivity contribution >= 4 is 12.1 Å². The number of carbonyl (C=O) groups excluding carboxylic acids is 2. The van der Waals surface area contributed by atoms with Crippen LogP contribution in [0.5, 0.6) is 0 Å². The second-order valence-corrected chi connectivity index (χ2v) is 9.24. The first-order valence-electron chi connectivity index (χ1n) is 12.7. The van der Waals surface area contributed by atoms with Crippen LogP contribution in [0.25, 0.3) is 11.1 Å². The average molecular weight is 477 g/mol. The highest BCUT2D eigenvalue weighted by molar-refractivity contribution is 5.76. The molecule has 1 amide bonds. The highest BCUT2D eigenvalue weighted by atomic mass is 16.7. The lowest BCUT2D eigenvalue weighted by Gasteiger charge is -2.40. The number of ether oxygens (including phenoxy) is 2. The minimum atomic E-state index is -0.710. The van der Waals surface area contributed by atoms with Crippen molar-refractivity contribution in [1.29, 1.82) is 5.26 Å². The van der Waals surface area contributed by atoms with Crippen LogP contribution in [0.15, 0.2) is 48.5 Å². The Morgan fingerprint density at radius 2 is 1.74 bits per heavy atom. The Kier molecular flexibility index (Phi) is 9.72. The third kappa shape index (κ3) is 7.32. The third-order valence-corrected chi connectivity index (χ3v) is 6.59. The maximum atomic E-state index is 13.2. The van der Waals surface area contributed by atoms with Crippen molar-refractivity contribution in [3.05, 3.63) is 59.7 Å². The summed E-state index contributed by atoms with van der Waals surface area (Å²) in [5, 5.41) is 9.42. The van der Waals surface area contributed by atoms with Crippen LogP contribution >= 0.6 is 0 Å². The van der Waals surface area contributed by atoms with E-state index in [0.717, 1.165) is 61.6 Å². The van der Waals surface area contributed by atoms with E-state index < -0.39 is 11.8 Å². The molecule has 0 unspecified atom stereocenters. The van der Waals surface area contributed by atoms with Gasteiger partial charge < -0.3 is 14.4 Å². The van der Waals surface area contributed by atoms with Crippen molar-refractivity contribution in [3.63, 3.8) is 0 Å². The predicted molar refractivity (Wildman–Crippen MR) is 135 cm³/mol. The van der Waals surface area contributed by atoms with Gasteiger partial charge in [-0.3, -0.25) is 4.79 Å². The van der Waals surface area contributed by atoms with Crippen LogP contribution in [0, 0.1) is 11.3 Å². The van der Waals surface area contributed by atoms with Gasteiger partial charge in [-0.25, -0.2) is 4.79 Å². The summed E-state index contributed by atoms with van der Waals surface area (Å²) < 4.78 is 10.9. The van der Waals surface area contributed by atoms with Crippen molar-refractivity contribution in [1.82, 2.24) is 4.90 Å². The van der Waals surface area contributed by atoms with Crippen molar-refractivity contribution < 1.29 is 19.1 Å². The number of amides is 1. The highest BCUT2D eigenvalue weighted by Crippen LogP contribution is 2.34. The normalized spacial score (nSPS) is 14.5. The molecule has 1 aliphatic rings. The number of benzene rings is 2. The summed E-state index contributed by atoms with van der Waals surface area (Å²) in [5.74, 6) is 0.0724. The molecule has 1 aliphatic carbocycles. The first-order chi connectivity index (χ1) is 17.0. The quantitative estimate of drug-likeness (QED) is 0.360. The van der Waals surface area contributed by atoms with Crippen molar-refractivity contribution in [3.8, 4) is 17.2 Å². The molecule has 6 heteroatoms. The minimum absolute atomic E-state index is 0.0724. The van der Waals surface area contributed by atoms with Crippen LogP contribution in [-0.2, 0) is 20.8 Å². The van der Waals surface area contributed by atoms with Crippen LogP contribution in [0.1, 0.15) is 76.3 Å². The number of rotatable bonds is 10. The second-order valence-electron chi connectivity index (χ2n) is 9.24. The fourth-order valence-electron chi connectivity index (χ4n) is 4.72. The van der Waals surface area contributed by atoms with Crippen molar-refractivity contribution in [2.24, 2.45) is 0 Å². The van der Waals surface area contributed by atoms with Crippen LogP contribution in [-0.4, -0.2) is 35.7 Å². The van der Waals surface area contributed by atoms with E-state index in [-0.39, 0.29) is 12.5 Å². The molecule has 0 aromatic heterocycles. The molecule has 2 aromatic rings. The van der Waals surface area contributed by atoms with E-state index in [1.807, 2.05) is 53.4 Å². The molecule has 0 aliphatic heterocycles.